The molecule has 2 heteroatoms. The third-order valence-electron chi connectivity index (χ3n) is 2.18. The van der Waals surface area contributed by atoms with Crippen LogP contribution in [-0.4, -0.2) is 4.98 Å². The minimum absolute atomic E-state index is 0.406. The molecule has 0 amide bonds. The highest BCUT2D eigenvalue weighted by atomic mass is 19.1. The molecule has 2 rings (SSSR count). The summed E-state index contributed by atoms with van der Waals surface area (Å²) in [4.78, 5) is 3.65. The van der Waals surface area contributed by atoms with Crippen molar-refractivity contribution in [3.05, 3.63) is 54.1 Å². The van der Waals surface area contributed by atoms with E-state index in [1.807, 2.05) is 43.3 Å². The number of benzene rings is 1. The van der Waals surface area contributed by atoms with Gasteiger partial charge in [-0.1, -0.05) is 30.3 Å². The van der Waals surface area contributed by atoms with Crippen molar-refractivity contribution < 1.29 is 4.39 Å². The van der Waals surface area contributed by atoms with Crippen LogP contribution in [0.5, 0.6) is 0 Å². The van der Waals surface area contributed by atoms with Crippen LogP contribution in [-0.2, 0) is 0 Å². The lowest BCUT2D eigenvalue weighted by Gasteiger charge is -2.05. The molecule has 2 aromatic rings. The molecule has 1 aromatic heterocycles. The summed E-state index contributed by atoms with van der Waals surface area (Å²) in [7, 11) is 0. The summed E-state index contributed by atoms with van der Waals surface area (Å²) in [5.41, 5.74) is 2.37. The van der Waals surface area contributed by atoms with Crippen LogP contribution in [0, 0.1) is 12.9 Å². The van der Waals surface area contributed by atoms with E-state index in [4.69, 9.17) is 0 Å². The lowest BCUT2D eigenvalue weighted by Crippen LogP contribution is -1.91. The van der Waals surface area contributed by atoms with Gasteiger partial charge in [0.05, 0.1) is 0 Å². The molecule has 0 aliphatic carbocycles. The standard InChI is InChI=1S/C12H10FN/c1-9-7-8-14-12(13)11(9)10-5-3-2-4-6-10/h2-8H,1H3. The van der Waals surface area contributed by atoms with Crippen molar-refractivity contribution in [2.75, 3.05) is 0 Å². The Kier molecular flexibility index (Phi) is 2.27. The van der Waals surface area contributed by atoms with Gasteiger partial charge in [0.15, 0.2) is 0 Å². The average molecular weight is 187 g/mol. The van der Waals surface area contributed by atoms with Crippen LogP contribution in [0.25, 0.3) is 11.1 Å². The Hall–Kier alpha value is -1.70. The molecule has 14 heavy (non-hydrogen) atoms. The molecule has 0 fully saturated rings. The van der Waals surface area contributed by atoms with Crippen molar-refractivity contribution in [3.63, 3.8) is 0 Å². The van der Waals surface area contributed by atoms with Crippen LogP contribution in [0.2, 0.25) is 0 Å². The summed E-state index contributed by atoms with van der Waals surface area (Å²) in [5, 5.41) is 0. The van der Waals surface area contributed by atoms with E-state index < -0.39 is 5.95 Å². The summed E-state index contributed by atoms with van der Waals surface area (Å²) < 4.78 is 13.4. The van der Waals surface area contributed by atoms with E-state index in [2.05, 4.69) is 4.98 Å². The summed E-state index contributed by atoms with van der Waals surface area (Å²) in [6, 6.07) is 11.3. The van der Waals surface area contributed by atoms with Crippen molar-refractivity contribution in [2.45, 2.75) is 6.92 Å². The quantitative estimate of drug-likeness (QED) is 0.625. The molecule has 0 spiro atoms. The molecular formula is C12H10FN. The number of rotatable bonds is 1. The SMILES string of the molecule is Cc1ccnc(F)c1-c1ccccc1. The van der Waals surface area contributed by atoms with Crippen LogP contribution < -0.4 is 0 Å². The highest BCUT2D eigenvalue weighted by Crippen LogP contribution is 2.24. The maximum Gasteiger partial charge on any atom is 0.220 e. The Labute approximate surface area is 82.2 Å². The molecular weight excluding hydrogens is 177 g/mol. The van der Waals surface area contributed by atoms with Crippen molar-refractivity contribution in [1.29, 1.82) is 0 Å². The van der Waals surface area contributed by atoms with Crippen LogP contribution in [0.15, 0.2) is 42.6 Å². The first kappa shape index (κ1) is 8.88. The molecule has 1 nitrogen and oxygen atoms in total. The number of hydrogen-bond acceptors (Lipinski definition) is 1. The third-order valence-corrected chi connectivity index (χ3v) is 2.18. The van der Waals surface area contributed by atoms with Gasteiger partial charge in [-0.15, -0.1) is 0 Å². The Morgan fingerprint density at radius 2 is 1.79 bits per heavy atom. The maximum atomic E-state index is 13.4. The van der Waals surface area contributed by atoms with Crippen molar-refractivity contribution in [1.82, 2.24) is 4.98 Å². The van der Waals surface area contributed by atoms with E-state index in [9.17, 15) is 4.39 Å². The molecule has 0 unspecified atom stereocenters. The fraction of sp³-hybridized carbons (Fsp3) is 0.0833. The zero-order chi connectivity index (χ0) is 9.97. The maximum absolute atomic E-state index is 13.4. The van der Waals surface area contributed by atoms with E-state index >= 15 is 0 Å². The van der Waals surface area contributed by atoms with Gasteiger partial charge < -0.3 is 0 Å². The Bertz CT molecular complexity index is 417. The minimum atomic E-state index is -0.406. The zero-order valence-corrected chi connectivity index (χ0v) is 7.87. The zero-order valence-electron chi connectivity index (χ0n) is 7.87. The fourth-order valence-corrected chi connectivity index (χ4v) is 1.48. The van der Waals surface area contributed by atoms with E-state index in [0.717, 1.165) is 11.1 Å². The lowest BCUT2D eigenvalue weighted by molar-refractivity contribution is 0.586. The molecule has 1 heterocycles. The third kappa shape index (κ3) is 1.51. The Morgan fingerprint density at radius 3 is 2.43 bits per heavy atom. The van der Waals surface area contributed by atoms with E-state index in [1.165, 1.54) is 6.20 Å². The van der Waals surface area contributed by atoms with Gasteiger partial charge in [-0.25, -0.2) is 4.98 Å². The molecule has 0 radical (unpaired) electrons. The summed E-state index contributed by atoms with van der Waals surface area (Å²) in [5.74, 6) is -0.406. The first-order valence-electron chi connectivity index (χ1n) is 4.45. The van der Waals surface area contributed by atoms with Gasteiger partial charge in [0.1, 0.15) is 0 Å². The molecule has 0 aliphatic rings. The van der Waals surface area contributed by atoms with Crippen molar-refractivity contribution >= 4 is 0 Å². The topological polar surface area (TPSA) is 12.9 Å². The number of nitrogens with zero attached hydrogens (tertiary/aromatic N) is 1. The van der Waals surface area contributed by atoms with Crippen LogP contribution in [0.1, 0.15) is 5.56 Å². The molecule has 0 saturated carbocycles. The first-order valence-corrected chi connectivity index (χ1v) is 4.45. The number of hydrogen-bond donors (Lipinski definition) is 0. The van der Waals surface area contributed by atoms with Gasteiger partial charge in [-0.2, -0.15) is 4.39 Å². The van der Waals surface area contributed by atoms with Crippen molar-refractivity contribution in [2.24, 2.45) is 0 Å². The van der Waals surface area contributed by atoms with E-state index in [0.29, 0.717) is 5.56 Å². The second kappa shape index (κ2) is 3.58. The molecule has 0 N–H and O–H groups in total. The lowest BCUT2D eigenvalue weighted by atomic mass is 10.0. The minimum Gasteiger partial charge on any atom is -0.228 e. The summed E-state index contributed by atoms with van der Waals surface area (Å²) in [6.45, 7) is 1.88. The normalized spacial score (nSPS) is 10.1. The van der Waals surface area contributed by atoms with Gasteiger partial charge in [-0.05, 0) is 24.1 Å². The average Bonchev–Trinajstić information content (AvgIpc) is 2.19. The fourth-order valence-electron chi connectivity index (χ4n) is 1.48. The Balaban J connectivity index is 2.63. The molecule has 0 aliphatic heterocycles. The summed E-state index contributed by atoms with van der Waals surface area (Å²) in [6.07, 6.45) is 1.48. The molecule has 1 aromatic carbocycles. The molecule has 0 atom stereocenters. The molecule has 70 valence electrons. The highest BCUT2D eigenvalue weighted by Gasteiger charge is 2.07. The predicted molar refractivity (Wildman–Crippen MR) is 54.4 cm³/mol. The van der Waals surface area contributed by atoms with Crippen LogP contribution in [0.3, 0.4) is 0 Å². The van der Waals surface area contributed by atoms with Crippen LogP contribution in [0.4, 0.5) is 4.39 Å². The second-order valence-corrected chi connectivity index (χ2v) is 3.16. The van der Waals surface area contributed by atoms with Gasteiger partial charge >= 0.3 is 0 Å². The number of aryl methyl sites for hydroxylation is 1. The number of aromatic nitrogens is 1. The number of halogens is 1. The van der Waals surface area contributed by atoms with Gasteiger partial charge in [0.2, 0.25) is 5.95 Å². The van der Waals surface area contributed by atoms with Gasteiger partial charge in [0.25, 0.3) is 0 Å². The highest BCUT2D eigenvalue weighted by molar-refractivity contribution is 5.66. The predicted octanol–water partition coefficient (Wildman–Crippen LogP) is 3.20. The van der Waals surface area contributed by atoms with Gasteiger partial charge in [-0.3, -0.25) is 0 Å². The van der Waals surface area contributed by atoms with Crippen LogP contribution >= 0.6 is 0 Å². The largest absolute Gasteiger partial charge is 0.228 e. The van der Waals surface area contributed by atoms with Crippen molar-refractivity contribution in [3.8, 4) is 11.1 Å². The first-order chi connectivity index (χ1) is 6.79. The molecule has 0 saturated heterocycles. The Morgan fingerprint density at radius 1 is 1.07 bits per heavy atom. The monoisotopic (exact) mass is 187 g/mol. The van der Waals surface area contributed by atoms with E-state index in [-0.39, 0.29) is 0 Å². The second-order valence-electron chi connectivity index (χ2n) is 3.16. The smallest absolute Gasteiger partial charge is 0.220 e. The van der Waals surface area contributed by atoms with E-state index in [1.54, 1.807) is 0 Å². The number of pyridine rings is 1. The summed E-state index contributed by atoms with van der Waals surface area (Å²) >= 11 is 0. The molecule has 0 bridgehead atoms. The van der Waals surface area contributed by atoms with Gasteiger partial charge in [0, 0.05) is 11.8 Å².